The summed E-state index contributed by atoms with van der Waals surface area (Å²) < 4.78 is 0.878. The van der Waals surface area contributed by atoms with Crippen molar-refractivity contribution in [1.29, 1.82) is 0 Å². The van der Waals surface area contributed by atoms with Crippen molar-refractivity contribution in [2.24, 2.45) is 5.84 Å². The van der Waals surface area contributed by atoms with Crippen LogP contribution in [0.5, 0.6) is 0 Å². The van der Waals surface area contributed by atoms with Crippen LogP contribution in [0.15, 0.2) is 6.07 Å². The van der Waals surface area contributed by atoms with E-state index in [0.717, 1.165) is 8.82 Å². The van der Waals surface area contributed by atoms with Gasteiger partial charge in [-0.25, -0.2) is 5.84 Å². The monoisotopic (exact) mass is 164 g/mol. The second kappa shape index (κ2) is 2.54. The SMILES string of the molecule is NNc1cc(=S)ss1. The van der Waals surface area contributed by atoms with Crippen molar-refractivity contribution in [2.45, 2.75) is 0 Å². The first-order chi connectivity index (χ1) is 3.83. The molecule has 0 fully saturated rings. The number of hydrogen-bond donors (Lipinski definition) is 2. The molecule has 2 nitrogen and oxygen atoms in total. The Labute approximate surface area is 59.3 Å². The Morgan fingerprint density at radius 1 is 1.62 bits per heavy atom. The van der Waals surface area contributed by atoms with E-state index < -0.39 is 0 Å². The van der Waals surface area contributed by atoms with E-state index in [9.17, 15) is 0 Å². The van der Waals surface area contributed by atoms with Gasteiger partial charge in [0.25, 0.3) is 0 Å². The number of nitrogen functional groups attached to an aromatic ring is 1. The third kappa shape index (κ3) is 1.25. The largest absolute Gasteiger partial charge is 0.315 e. The Bertz CT molecular complexity index is 212. The Balaban J connectivity index is 3.01. The predicted molar refractivity (Wildman–Crippen MR) is 40.8 cm³/mol. The van der Waals surface area contributed by atoms with Crippen molar-refractivity contribution in [3.63, 3.8) is 0 Å². The summed E-state index contributed by atoms with van der Waals surface area (Å²) in [4.78, 5) is 0. The third-order valence-corrected chi connectivity index (χ3v) is 3.40. The summed E-state index contributed by atoms with van der Waals surface area (Å²) in [6.07, 6.45) is 0. The Morgan fingerprint density at radius 3 is 2.62 bits per heavy atom. The smallest absolute Gasteiger partial charge is 0.115 e. The quantitative estimate of drug-likeness (QED) is 0.288. The van der Waals surface area contributed by atoms with Gasteiger partial charge in [0.05, 0.1) is 0 Å². The van der Waals surface area contributed by atoms with E-state index in [1.807, 2.05) is 6.07 Å². The van der Waals surface area contributed by atoms with Crippen LogP contribution in [0.3, 0.4) is 0 Å². The van der Waals surface area contributed by atoms with Crippen LogP contribution in [-0.2, 0) is 0 Å². The molecule has 0 aliphatic carbocycles. The molecule has 8 heavy (non-hydrogen) atoms. The van der Waals surface area contributed by atoms with E-state index in [4.69, 9.17) is 18.1 Å². The molecule has 0 spiro atoms. The summed E-state index contributed by atoms with van der Waals surface area (Å²) in [5.41, 5.74) is 2.51. The van der Waals surface area contributed by atoms with Gasteiger partial charge in [-0.2, -0.15) is 0 Å². The fourth-order valence-electron chi connectivity index (χ4n) is 0.307. The summed E-state index contributed by atoms with van der Waals surface area (Å²) in [7, 11) is 3.09. The van der Waals surface area contributed by atoms with E-state index in [-0.39, 0.29) is 0 Å². The number of anilines is 1. The van der Waals surface area contributed by atoms with E-state index in [1.165, 1.54) is 0 Å². The van der Waals surface area contributed by atoms with Crippen molar-refractivity contribution in [2.75, 3.05) is 5.43 Å². The number of nitrogens with one attached hydrogen (secondary N) is 1. The first-order valence-electron chi connectivity index (χ1n) is 1.90. The van der Waals surface area contributed by atoms with Crippen LogP contribution >= 0.6 is 32.9 Å². The molecule has 0 aliphatic heterocycles. The van der Waals surface area contributed by atoms with Gasteiger partial charge >= 0.3 is 0 Å². The molecule has 0 saturated heterocycles. The van der Waals surface area contributed by atoms with Gasteiger partial charge in [-0.05, 0) is 0 Å². The van der Waals surface area contributed by atoms with E-state index in [1.54, 1.807) is 20.7 Å². The molecule has 0 atom stereocenters. The van der Waals surface area contributed by atoms with Gasteiger partial charge in [0.1, 0.15) is 8.82 Å². The van der Waals surface area contributed by atoms with Gasteiger partial charge in [-0.1, -0.05) is 32.9 Å². The molecule has 0 amide bonds. The Morgan fingerprint density at radius 2 is 2.38 bits per heavy atom. The summed E-state index contributed by atoms with van der Waals surface area (Å²) in [6.45, 7) is 0. The molecule has 1 heterocycles. The number of nitrogens with two attached hydrogens (primary N) is 1. The maximum absolute atomic E-state index is 5.08. The molecular formula is C3H4N2S3. The minimum Gasteiger partial charge on any atom is -0.315 e. The van der Waals surface area contributed by atoms with Crippen molar-refractivity contribution < 1.29 is 0 Å². The summed E-state index contributed by atoms with van der Waals surface area (Å²) in [6, 6.07) is 1.84. The molecule has 0 aromatic carbocycles. The molecule has 44 valence electrons. The zero-order valence-electron chi connectivity index (χ0n) is 3.88. The number of hydrazine groups is 1. The second-order valence-electron chi connectivity index (χ2n) is 1.14. The van der Waals surface area contributed by atoms with E-state index in [2.05, 4.69) is 5.43 Å². The normalized spacial score (nSPS) is 9.12. The molecule has 0 bridgehead atoms. The molecule has 3 N–H and O–H groups in total. The zero-order chi connectivity index (χ0) is 5.98. The third-order valence-electron chi connectivity index (χ3n) is 0.605. The summed E-state index contributed by atoms with van der Waals surface area (Å²) >= 11 is 4.83. The van der Waals surface area contributed by atoms with Crippen LogP contribution in [0.25, 0.3) is 0 Å². The van der Waals surface area contributed by atoms with Gasteiger partial charge in [0, 0.05) is 6.07 Å². The number of hydrogen-bond acceptors (Lipinski definition) is 5. The maximum atomic E-state index is 5.08. The van der Waals surface area contributed by atoms with E-state index in [0.29, 0.717) is 0 Å². The van der Waals surface area contributed by atoms with Gasteiger partial charge in [0.2, 0.25) is 0 Å². The lowest BCUT2D eigenvalue weighted by Crippen LogP contribution is -2.03. The van der Waals surface area contributed by atoms with Gasteiger partial charge in [-0.3, -0.25) is 0 Å². The average molecular weight is 164 g/mol. The fourth-order valence-corrected chi connectivity index (χ4v) is 2.38. The molecule has 1 aromatic rings. The Kier molecular flexibility index (Phi) is 1.95. The van der Waals surface area contributed by atoms with Crippen molar-refractivity contribution in [3.05, 3.63) is 9.89 Å². The first kappa shape index (κ1) is 6.15. The molecule has 0 unspecified atom stereocenters. The van der Waals surface area contributed by atoms with Gasteiger partial charge in [0.15, 0.2) is 0 Å². The minimum atomic E-state index is 0.878. The van der Waals surface area contributed by atoms with Crippen LogP contribution in [-0.4, -0.2) is 0 Å². The second-order valence-corrected chi connectivity index (χ2v) is 4.05. The molecule has 1 aromatic heterocycles. The van der Waals surface area contributed by atoms with Crippen molar-refractivity contribution >= 4 is 37.9 Å². The molecule has 5 heteroatoms. The van der Waals surface area contributed by atoms with Crippen LogP contribution < -0.4 is 11.3 Å². The lowest BCUT2D eigenvalue weighted by atomic mass is 10.7. The zero-order valence-corrected chi connectivity index (χ0v) is 6.33. The van der Waals surface area contributed by atoms with Crippen LogP contribution in [0.1, 0.15) is 0 Å². The van der Waals surface area contributed by atoms with E-state index >= 15 is 0 Å². The summed E-state index contributed by atoms with van der Waals surface area (Å²) in [5.74, 6) is 5.08. The van der Waals surface area contributed by atoms with Crippen LogP contribution in [0.2, 0.25) is 0 Å². The topological polar surface area (TPSA) is 38.0 Å². The predicted octanol–water partition coefficient (Wildman–Crippen LogP) is 1.82. The lowest BCUT2D eigenvalue weighted by Gasteiger charge is -1.85. The van der Waals surface area contributed by atoms with Crippen LogP contribution in [0.4, 0.5) is 5.00 Å². The van der Waals surface area contributed by atoms with Gasteiger partial charge < -0.3 is 5.43 Å². The van der Waals surface area contributed by atoms with Crippen molar-refractivity contribution in [1.82, 2.24) is 0 Å². The minimum absolute atomic E-state index is 0.878. The molecule has 0 aliphatic rings. The highest BCUT2D eigenvalue weighted by molar-refractivity contribution is 7.80. The van der Waals surface area contributed by atoms with Gasteiger partial charge in [-0.15, -0.1) is 0 Å². The highest BCUT2D eigenvalue weighted by Gasteiger charge is 1.87. The average Bonchev–Trinajstić information content (AvgIpc) is 2.14. The van der Waals surface area contributed by atoms with Crippen LogP contribution in [0, 0.1) is 3.82 Å². The standard InChI is InChI=1S/C3H4N2S3/c4-5-2-1-3(6)8-7-2/h1,5H,4H2. The molecular weight excluding hydrogens is 160 g/mol. The first-order valence-corrected chi connectivity index (χ1v) is 4.45. The molecule has 0 saturated carbocycles. The maximum Gasteiger partial charge on any atom is 0.115 e. The lowest BCUT2D eigenvalue weighted by molar-refractivity contribution is 1.39. The summed E-state index contributed by atoms with van der Waals surface area (Å²) in [5, 5.41) is 0.931. The molecule has 1 rings (SSSR count). The Hall–Kier alpha value is 0.0300. The highest BCUT2D eigenvalue weighted by atomic mass is 32.9. The fraction of sp³-hybridized carbons (Fsp3) is 0. The molecule has 0 radical (unpaired) electrons. The van der Waals surface area contributed by atoms with Crippen molar-refractivity contribution in [3.8, 4) is 0 Å². The number of rotatable bonds is 1. The highest BCUT2D eigenvalue weighted by Crippen LogP contribution is 2.21.